The molecule has 1 aliphatic rings. The normalized spacial score (nSPS) is 23.3. The van der Waals surface area contributed by atoms with Gasteiger partial charge in [-0.1, -0.05) is 0 Å². The fraction of sp³-hybridized carbons (Fsp3) is 0.625. The molecule has 0 saturated carbocycles. The van der Waals surface area contributed by atoms with Crippen LogP contribution in [-0.4, -0.2) is 27.8 Å². The Morgan fingerprint density at radius 1 is 1.69 bits per heavy atom. The maximum absolute atomic E-state index is 11.0. The van der Waals surface area contributed by atoms with Crippen molar-refractivity contribution in [3.8, 4) is 0 Å². The van der Waals surface area contributed by atoms with E-state index >= 15 is 0 Å². The van der Waals surface area contributed by atoms with Crippen molar-refractivity contribution in [2.24, 2.45) is 7.05 Å². The number of aryl methyl sites for hydroxylation is 1. The van der Waals surface area contributed by atoms with Gasteiger partial charge in [0.2, 0.25) is 0 Å². The summed E-state index contributed by atoms with van der Waals surface area (Å²) in [5.41, 5.74) is 1.03. The number of aromatic amines is 1. The van der Waals surface area contributed by atoms with Gasteiger partial charge in [0.05, 0.1) is 11.7 Å². The third-order valence-electron chi connectivity index (χ3n) is 2.22. The minimum Gasteiger partial charge on any atom is -0.307 e. The van der Waals surface area contributed by atoms with E-state index in [0.717, 1.165) is 23.7 Å². The third-order valence-corrected chi connectivity index (χ3v) is 3.28. The van der Waals surface area contributed by atoms with Crippen molar-refractivity contribution in [2.45, 2.75) is 6.04 Å². The first-order chi connectivity index (χ1) is 6.27. The first-order valence-electron chi connectivity index (χ1n) is 4.34. The van der Waals surface area contributed by atoms with Crippen molar-refractivity contribution in [1.29, 1.82) is 0 Å². The van der Waals surface area contributed by atoms with Crippen LogP contribution in [0.5, 0.6) is 0 Å². The van der Waals surface area contributed by atoms with Gasteiger partial charge in [-0.2, -0.15) is 11.8 Å². The molecule has 4 nitrogen and oxygen atoms in total. The molecule has 5 heteroatoms. The molecular formula is C8H13N3OS. The van der Waals surface area contributed by atoms with Crippen LogP contribution < -0.4 is 10.9 Å². The summed E-state index contributed by atoms with van der Waals surface area (Å²) in [5, 5.41) is 6.11. The van der Waals surface area contributed by atoms with Gasteiger partial charge in [0.25, 0.3) is 5.56 Å². The molecule has 0 bridgehead atoms. The van der Waals surface area contributed by atoms with Gasteiger partial charge in [-0.25, -0.2) is 0 Å². The SMILES string of the molecule is Cn1[nH]c(=O)cc1C1CSCCN1. The Kier molecular flexibility index (Phi) is 2.46. The van der Waals surface area contributed by atoms with Gasteiger partial charge in [-0.05, 0) is 0 Å². The van der Waals surface area contributed by atoms with Crippen molar-refractivity contribution in [3.05, 3.63) is 22.1 Å². The topological polar surface area (TPSA) is 49.8 Å². The van der Waals surface area contributed by atoms with E-state index in [-0.39, 0.29) is 5.56 Å². The molecule has 2 N–H and O–H groups in total. The Morgan fingerprint density at radius 3 is 3.08 bits per heavy atom. The highest BCUT2D eigenvalue weighted by Crippen LogP contribution is 2.19. The number of nitrogens with one attached hydrogen (secondary N) is 2. The lowest BCUT2D eigenvalue weighted by atomic mass is 10.2. The fourth-order valence-electron chi connectivity index (χ4n) is 1.58. The first-order valence-corrected chi connectivity index (χ1v) is 5.50. The molecule has 0 radical (unpaired) electrons. The van der Waals surface area contributed by atoms with Gasteiger partial charge in [0.1, 0.15) is 0 Å². The average Bonchev–Trinajstić information content (AvgIpc) is 2.47. The van der Waals surface area contributed by atoms with Crippen LogP contribution in [0.25, 0.3) is 0 Å². The molecular weight excluding hydrogens is 186 g/mol. The van der Waals surface area contributed by atoms with Gasteiger partial charge in [-0.3, -0.25) is 14.6 Å². The average molecular weight is 199 g/mol. The second-order valence-electron chi connectivity index (χ2n) is 3.19. The summed E-state index contributed by atoms with van der Waals surface area (Å²) in [7, 11) is 1.87. The molecule has 1 aliphatic heterocycles. The van der Waals surface area contributed by atoms with E-state index in [1.165, 1.54) is 0 Å². The highest BCUT2D eigenvalue weighted by atomic mass is 32.2. The second-order valence-corrected chi connectivity index (χ2v) is 4.34. The zero-order valence-electron chi connectivity index (χ0n) is 7.54. The zero-order chi connectivity index (χ0) is 9.26. The van der Waals surface area contributed by atoms with Crippen LogP contribution >= 0.6 is 11.8 Å². The minimum absolute atomic E-state index is 0.0186. The maximum atomic E-state index is 11.0. The van der Waals surface area contributed by atoms with Crippen molar-refractivity contribution < 1.29 is 0 Å². The number of aromatic nitrogens is 2. The molecule has 1 unspecified atom stereocenters. The molecule has 1 atom stereocenters. The van der Waals surface area contributed by atoms with Crippen molar-refractivity contribution >= 4 is 11.8 Å². The van der Waals surface area contributed by atoms with Gasteiger partial charge in [0.15, 0.2) is 0 Å². The zero-order valence-corrected chi connectivity index (χ0v) is 8.36. The van der Waals surface area contributed by atoms with Crippen LogP contribution in [0.3, 0.4) is 0 Å². The lowest BCUT2D eigenvalue weighted by Gasteiger charge is -2.23. The minimum atomic E-state index is -0.0186. The molecule has 0 spiro atoms. The van der Waals surface area contributed by atoms with E-state index in [0.29, 0.717) is 6.04 Å². The summed E-state index contributed by atoms with van der Waals surface area (Å²) >= 11 is 1.92. The second kappa shape index (κ2) is 3.59. The van der Waals surface area contributed by atoms with E-state index < -0.39 is 0 Å². The summed E-state index contributed by atoms with van der Waals surface area (Å²) < 4.78 is 1.80. The molecule has 2 rings (SSSR count). The number of rotatable bonds is 1. The largest absolute Gasteiger partial charge is 0.307 e. The number of H-pyrrole nitrogens is 1. The number of thioether (sulfide) groups is 1. The van der Waals surface area contributed by atoms with E-state index in [4.69, 9.17) is 0 Å². The van der Waals surface area contributed by atoms with Crippen LogP contribution in [0, 0.1) is 0 Å². The van der Waals surface area contributed by atoms with E-state index in [1.54, 1.807) is 10.7 Å². The lowest BCUT2D eigenvalue weighted by Crippen LogP contribution is -2.31. The summed E-state index contributed by atoms with van der Waals surface area (Å²) in [5.74, 6) is 2.21. The summed E-state index contributed by atoms with van der Waals surface area (Å²) in [6, 6.07) is 1.99. The number of nitrogens with zero attached hydrogens (tertiary/aromatic N) is 1. The number of hydrogen-bond acceptors (Lipinski definition) is 3. The quantitative estimate of drug-likeness (QED) is 0.674. The predicted molar refractivity (Wildman–Crippen MR) is 54.1 cm³/mol. The van der Waals surface area contributed by atoms with Crippen molar-refractivity contribution in [3.63, 3.8) is 0 Å². The Balaban J connectivity index is 2.23. The molecule has 13 heavy (non-hydrogen) atoms. The van der Waals surface area contributed by atoms with Gasteiger partial charge in [-0.15, -0.1) is 0 Å². The Bertz CT molecular complexity index is 337. The third kappa shape index (κ3) is 1.81. The molecule has 1 aromatic heterocycles. The monoisotopic (exact) mass is 199 g/mol. The van der Waals surface area contributed by atoms with Crippen molar-refractivity contribution in [2.75, 3.05) is 18.1 Å². The molecule has 1 aromatic rings. The van der Waals surface area contributed by atoms with Crippen LogP contribution in [0.4, 0.5) is 0 Å². The summed E-state index contributed by atoms with van der Waals surface area (Å²) in [4.78, 5) is 11.0. The fourth-order valence-corrected chi connectivity index (χ4v) is 2.54. The van der Waals surface area contributed by atoms with Gasteiger partial charge in [0, 0.05) is 31.2 Å². The standard InChI is InChI=1S/C8H13N3OS/c1-11-7(4-8(12)10-11)6-5-13-3-2-9-6/h4,6,9H,2-3,5H2,1H3,(H,10,12). The number of hydrogen-bond donors (Lipinski definition) is 2. The Morgan fingerprint density at radius 2 is 2.54 bits per heavy atom. The molecule has 0 aliphatic carbocycles. The van der Waals surface area contributed by atoms with E-state index in [1.807, 2.05) is 18.8 Å². The molecule has 1 saturated heterocycles. The highest BCUT2D eigenvalue weighted by Gasteiger charge is 2.17. The van der Waals surface area contributed by atoms with Crippen LogP contribution in [0.15, 0.2) is 10.9 Å². The molecule has 1 fully saturated rings. The Labute approximate surface area is 80.7 Å². The lowest BCUT2D eigenvalue weighted by molar-refractivity contribution is 0.544. The smallest absolute Gasteiger partial charge is 0.264 e. The van der Waals surface area contributed by atoms with E-state index in [2.05, 4.69) is 10.4 Å². The van der Waals surface area contributed by atoms with Crippen LogP contribution in [-0.2, 0) is 7.05 Å². The first kappa shape index (κ1) is 8.90. The predicted octanol–water partition coefficient (Wildman–Crippen LogP) is 0.0909. The van der Waals surface area contributed by atoms with Crippen LogP contribution in [0.2, 0.25) is 0 Å². The molecule has 72 valence electrons. The summed E-state index contributed by atoms with van der Waals surface area (Å²) in [6.07, 6.45) is 0. The molecule has 2 heterocycles. The van der Waals surface area contributed by atoms with Gasteiger partial charge >= 0.3 is 0 Å². The van der Waals surface area contributed by atoms with E-state index in [9.17, 15) is 4.79 Å². The van der Waals surface area contributed by atoms with Crippen LogP contribution in [0.1, 0.15) is 11.7 Å². The van der Waals surface area contributed by atoms with Gasteiger partial charge < -0.3 is 5.32 Å². The van der Waals surface area contributed by atoms with Crippen molar-refractivity contribution in [1.82, 2.24) is 15.1 Å². The highest BCUT2D eigenvalue weighted by molar-refractivity contribution is 7.99. The Hall–Kier alpha value is -0.680. The maximum Gasteiger partial charge on any atom is 0.264 e. The molecule has 0 amide bonds. The summed E-state index contributed by atoms with van der Waals surface area (Å²) in [6.45, 7) is 1.02. The molecule has 0 aromatic carbocycles.